The lowest BCUT2D eigenvalue weighted by Crippen LogP contribution is -2.31. The molecule has 0 radical (unpaired) electrons. The standard InChI is InChI=1S/C14H26N2O3/c1-2-3-4-5-6-7-8-9-10-13-15-12(11-19-13)14(17)16-18/h12,18H,2-11H2,1H3,(H,16,17)/t12-/m1/s1. The molecule has 0 spiro atoms. The van der Waals surface area contributed by atoms with Gasteiger partial charge in [-0.05, 0) is 6.42 Å². The van der Waals surface area contributed by atoms with Crippen molar-refractivity contribution >= 4 is 11.8 Å². The third-order valence-electron chi connectivity index (χ3n) is 3.36. The molecular weight excluding hydrogens is 244 g/mol. The van der Waals surface area contributed by atoms with Gasteiger partial charge in [-0.2, -0.15) is 0 Å². The van der Waals surface area contributed by atoms with E-state index in [-0.39, 0.29) is 6.61 Å². The Hall–Kier alpha value is -1.10. The molecule has 0 fully saturated rings. The molecule has 110 valence electrons. The normalized spacial score (nSPS) is 18.0. The van der Waals surface area contributed by atoms with Crippen molar-refractivity contribution in [2.45, 2.75) is 70.8 Å². The Morgan fingerprint density at radius 2 is 1.89 bits per heavy atom. The van der Waals surface area contributed by atoms with Gasteiger partial charge in [0.25, 0.3) is 5.91 Å². The fraction of sp³-hybridized carbons (Fsp3) is 0.857. The zero-order valence-corrected chi connectivity index (χ0v) is 11.9. The number of hydrogen-bond donors (Lipinski definition) is 2. The van der Waals surface area contributed by atoms with Gasteiger partial charge in [0.05, 0.1) is 0 Å². The van der Waals surface area contributed by atoms with Gasteiger partial charge in [-0.1, -0.05) is 51.9 Å². The van der Waals surface area contributed by atoms with Crippen molar-refractivity contribution in [1.82, 2.24) is 5.48 Å². The molecule has 1 aliphatic heterocycles. The summed E-state index contributed by atoms with van der Waals surface area (Å²) in [5.41, 5.74) is 1.60. The van der Waals surface area contributed by atoms with E-state index < -0.39 is 11.9 Å². The molecule has 1 amide bonds. The Balaban J connectivity index is 2.00. The van der Waals surface area contributed by atoms with Crippen molar-refractivity contribution < 1.29 is 14.7 Å². The highest BCUT2D eigenvalue weighted by atomic mass is 16.5. The first-order valence-electron chi connectivity index (χ1n) is 7.41. The van der Waals surface area contributed by atoms with Gasteiger partial charge in [-0.25, -0.2) is 10.5 Å². The van der Waals surface area contributed by atoms with Crippen molar-refractivity contribution in [3.05, 3.63) is 0 Å². The number of hydrogen-bond acceptors (Lipinski definition) is 4. The smallest absolute Gasteiger partial charge is 0.271 e. The molecule has 1 aliphatic rings. The molecule has 0 saturated carbocycles. The third-order valence-corrected chi connectivity index (χ3v) is 3.36. The van der Waals surface area contributed by atoms with Gasteiger partial charge in [-0.15, -0.1) is 0 Å². The highest BCUT2D eigenvalue weighted by Crippen LogP contribution is 2.13. The van der Waals surface area contributed by atoms with Gasteiger partial charge in [0.2, 0.25) is 0 Å². The van der Waals surface area contributed by atoms with Gasteiger partial charge < -0.3 is 4.74 Å². The van der Waals surface area contributed by atoms with E-state index >= 15 is 0 Å². The second kappa shape index (κ2) is 9.78. The van der Waals surface area contributed by atoms with E-state index in [1.807, 2.05) is 0 Å². The van der Waals surface area contributed by atoms with Gasteiger partial charge in [0, 0.05) is 6.42 Å². The Labute approximate surface area is 115 Å². The van der Waals surface area contributed by atoms with Crippen LogP contribution in [0.15, 0.2) is 4.99 Å². The van der Waals surface area contributed by atoms with Crippen LogP contribution in [0, 0.1) is 0 Å². The summed E-state index contributed by atoms with van der Waals surface area (Å²) in [5, 5.41) is 8.49. The van der Waals surface area contributed by atoms with Crippen molar-refractivity contribution in [1.29, 1.82) is 0 Å². The fourth-order valence-corrected chi connectivity index (χ4v) is 2.18. The Kier molecular flexibility index (Phi) is 8.21. The number of carbonyl (C=O) groups is 1. The zero-order valence-electron chi connectivity index (χ0n) is 11.9. The van der Waals surface area contributed by atoms with Crippen LogP contribution in [0.25, 0.3) is 0 Å². The van der Waals surface area contributed by atoms with Gasteiger partial charge in [-0.3, -0.25) is 10.0 Å². The number of hydroxylamine groups is 1. The highest BCUT2D eigenvalue weighted by Gasteiger charge is 2.24. The minimum absolute atomic E-state index is 0.249. The van der Waals surface area contributed by atoms with E-state index in [0.29, 0.717) is 5.90 Å². The van der Waals surface area contributed by atoms with E-state index in [9.17, 15) is 4.79 Å². The lowest BCUT2D eigenvalue weighted by atomic mass is 10.1. The van der Waals surface area contributed by atoms with Gasteiger partial charge >= 0.3 is 0 Å². The van der Waals surface area contributed by atoms with Crippen molar-refractivity contribution in [2.75, 3.05) is 6.61 Å². The number of rotatable bonds is 10. The molecule has 5 nitrogen and oxygen atoms in total. The van der Waals surface area contributed by atoms with Crippen LogP contribution in [-0.2, 0) is 9.53 Å². The van der Waals surface area contributed by atoms with Crippen molar-refractivity contribution in [2.24, 2.45) is 4.99 Å². The van der Waals surface area contributed by atoms with Gasteiger partial charge in [0.1, 0.15) is 6.61 Å². The molecule has 0 aromatic rings. The van der Waals surface area contributed by atoms with Crippen LogP contribution >= 0.6 is 0 Å². The molecule has 5 heteroatoms. The van der Waals surface area contributed by atoms with Crippen LogP contribution in [0.5, 0.6) is 0 Å². The van der Waals surface area contributed by atoms with Crippen molar-refractivity contribution in [3.8, 4) is 0 Å². The monoisotopic (exact) mass is 270 g/mol. The van der Waals surface area contributed by atoms with Crippen LogP contribution in [0.4, 0.5) is 0 Å². The number of aliphatic imine (C=N–C) groups is 1. The highest BCUT2D eigenvalue weighted by molar-refractivity contribution is 5.87. The lowest BCUT2D eigenvalue weighted by Gasteiger charge is -2.02. The molecular formula is C14H26N2O3. The zero-order chi connectivity index (χ0) is 13.9. The predicted octanol–water partition coefficient (Wildman–Crippen LogP) is 2.82. The maximum Gasteiger partial charge on any atom is 0.271 e. The minimum Gasteiger partial charge on any atom is -0.478 e. The number of unbranched alkanes of at least 4 members (excludes halogenated alkanes) is 7. The van der Waals surface area contributed by atoms with Crippen LogP contribution < -0.4 is 5.48 Å². The Bertz CT molecular complexity index is 292. The van der Waals surface area contributed by atoms with E-state index in [4.69, 9.17) is 9.94 Å². The largest absolute Gasteiger partial charge is 0.478 e. The van der Waals surface area contributed by atoms with E-state index in [0.717, 1.165) is 12.8 Å². The molecule has 1 heterocycles. The summed E-state index contributed by atoms with van der Waals surface area (Å²) < 4.78 is 5.33. The van der Waals surface area contributed by atoms with Gasteiger partial charge in [0.15, 0.2) is 11.9 Å². The molecule has 0 aliphatic carbocycles. The quantitative estimate of drug-likeness (QED) is 0.364. The maximum atomic E-state index is 11.1. The second-order valence-corrected chi connectivity index (χ2v) is 5.05. The maximum absolute atomic E-state index is 11.1. The number of nitrogens with one attached hydrogen (secondary N) is 1. The Morgan fingerprint density at radius 1 is 1.26 bits per heavy atom. The van der Waals surface area contributed by atoms with Crippen LogP contribution in [0.2, 0.25) is 0 Å². The second-order valence-electron chi connectivity index (χ2n) is 5.05. The van der Waals surface area contributed by atoms with Crippen molar-refractivity contribution in [3.63, 3.8) is 0 Å². The first kappa shape index (κ1) is 16.0. The van der Waals surface area contributed by atoms with Crippen LogP contribution in [-0.4, -0.2) is 29.7 Å². The predicted molar refractivity (Wildman–Crippen MR) is 74.3 cm³/mol. The van der Waals surface area contributed by atoms with Crippen LogP contribution in [0.1, 0.15) is 64.7 Å². The first-order valence-corrected chi connectivity index (χ1v) is 7.41. The van der Waals surface area contributed by atoms with E-state index in [2.05, 4.69) is 11.9 Å². The molecule has 0 unspecified atom stereocenters. The number of carbonyl (C=O) groups excluding carboxylic acids is 1. The molecule has 19 heavy (non-hydrogen) atoms. The topological polar surface area (TPSA) is 70.9 Å². The Morgan fingerprint density at radius 3 is 2.53 bits per heavy atom. The molecule has 0 saturated heterocycles. The average molecular weight is 270 g/mol. The lowest BCUT2D eigenvalue weighted by molar-refractivity contribution is -0.130. The SMILES string of the molecule is CCCCCCCCCCC1=N[C@@H](C(=O)NO)CO1. The molecule has 2 N–H and O–H groups in total. The summed E-state index contributed by atoms with van der Waals surface area (Å²) in [6.07, 6.45) is 10.9. The number of nitrogens with zero attached hydrogens (tertiary/aromatic N) is 1. The molecule has 0 aromatic heterocycles. The molecule has 1 rings (SSSR count). The fourth-order valence-electron chi connectivity index (χ4n) is 2.18. The van der Waals surface area contributed by atoms with E-state index in [1.54, 1.807) is 5.48 Å². The summed E-state index contributed by atoms with van der Waals surface area (Å²) in [4.78, 5) is 15.3. The minimum atomic E-state index is -0.575. The molecule has 0 bridgehead atoms. The number of amides is 1. The summed E-state index contributed by atoms with van der Waals surface area (Å²) in [6, 6.07) is -0.575. The number of ether oxygens (including phenoxy) is 1. The summed E-state index contributed by atoms with van der Waals surface area (Å²) in [7, 11) is 0. The third kappa shape index (κ3) is 6.57. The summed E-state index contributed by atoms with van der Waals surface area (Å²) >= 11 is 0. The molecule has 1 atom stereocenters. The first-order chi connectivity index (χ1) is 9.27. The van der Waals surface area contributed by atoms with Crippen LogP contribution in [0.3, 0.4) is 0 Å². The van der Waals surface area contributed by atoms with E-state index in [1.165, 1.54) is 44.9 Å². The summed E-state index contributed by atoms with van der Waals surface area (Å²) in [6.45, 7) is 2.48. The average Bonchev–Trinajstić information content (AvgIpc) is 2.89. The summed E-state index contributed by atoms with van der Waals surface area (Å²) in [5.74, 6) is 0.158. The molecule has 0 aromatic carbocycles.